The molecule has 1 aliphatic rings. The molecule has 130 valence electrons. The molecule has 4 nitrogen and oxygen atoms in total. The Labute approximate surface area is 150 Å². The number of aryl methyl sites for hydroxylation is 2. The van der Waals surface area contributed by atoms with Gasteiger partial charge in [-0.3, -0.25) is 4.79 Å². The second-order valence-corrected chi connectivity index (χ2v) is 6.42. The fourth-order valence-electron chi connectivity index (χ4n) is 3.42. The third-order valence-electron chi connectivity index (χ3n) is 4.66. The van der Waals surface area contributed by atoms with Gasteiger partial charge in [0.15, 0.2) is 0 Å². The zero-order valence-electron chi connectivity index (χ0n) is 14.6. The molecule has 0 saturated carbocycles. The quantitative estimate of drug-likeness (QED) is 0.894. The molecule has 3 rings (SSSR count). The van der Waals surface area contributed by atoms with Gasteiger partial charge in [0.2, 0.25) is 0 Å². The van der Waals surface area contributed by atoms with Crippen LogP contribution in [0.3, 0.4) is 0 Å². The zero-order chi connectivity index (χ0) is 16.4. The topological polar surface area (TPSA) is 46.1 Å². The minimum Gasteiger partial charge on any atom is -0.348 e. The highest BCUT2D eigenvalue weighted by molar-refractivity contribution is 5.96. The number of hydrogen-bond donors (Lipinski definition) is 2. The van der Waals surface area contributed by atoms with Crippen LogP contribution in [0.1, 0.15) is 40.2 Å². The molecule has 1 aromatic carbocycles. The highest BCUT2D eigenvalue weighted by Gasteiger charge is 2.21. The van der Waals surface area contributed by atoms with Crippen LogP contribution in [0.2, 0.25) is 0 Å². The van der Waals surface area contributed by atoms with Crippen LogP contribution in [0.25, 0.3) is 5.69 Å². The predicted molar refractivity (Wildman–Crippen MR) is 101 cm³/mol. The van der Waals surface area contributed by atoms with Crippen molar-refractivity contribution in [1.82, 2.24) is 15.2 Å². The van der Waals surface area contributed by atoms with Crippen molar-refractivity contribution in [2.75, 3.05) is 13.1 Å². The standard InChI is InChI=1S/C19H25N3O.ClH/c1-13-7-4-5-9-18(13)22-14(2)11-17(15(22)3)19(23)21-16-8-6-10-20-12-16;/h4-5,7,9,11,16,20H,6,8,10,12H2,1-3H3,(H,21,23);1H/t16-;/m0./s1. The van der Waals surface area contributed by atoms with Crippen molar-refractivity contribution >= 4 is 18.3 Å². The van der Waals surface area contributed by atoms with Gasteiger partial charge >= 0.3 is 0 Å². The van der Waals surface area contributed by atoms with Gasteiger partial charge in [-0.25, -0.2) is 0 Å². The molecule has 2 heterocycles. The molecule has 0 unspecified atom stereocenters. The number of piperidine rings is 1. The van der Waals surface area contributed by atoms with E-state index in [0.29, 0.717) is 0 Å². The summed E-state index contributed by atoms with van der Waals surface area (Å²) in [7, 11) is 0. The number of rotatable bonds is 3. The van der Waals surface area contributed by atoms with E-state index in [4.69, 9.17) is 0 Å². The SMILES string of the molecule is Cc1ccccc1-n1c(C)cc(C(=O)N[C@H]2CCCNC2)c1C.Cl. The zero-order valence-corrected chi connectivity index (χ0v) is 15.4. The number of para-hydroxylation sites is 1. The summed E-state index contributed by atoms with van der Waals surface area (Å²) in [6.07, 6.45) is 2.17. The molecule has 0 spiro atoms. The first-order valence-corrected chi connectivity index (χ1v) is 8.34. The average molecular weight is 348 g/mol. The van der Waals surface area contributed by atoms with E-state index in [2.05, 4.69) is 41.2 Å². The number of amides is 1. The Morgan fingerprint density at radius 1 is 1.25 bits per heavy atom. The summed E-state index contributed by atoms with van der Waals surface area (Å²) in [5.41, 5.74) is 5.21. The first-order valence-electron chi connectivity index (χ1n) is 8.34. The normalized spacial score (nSPS) is 17.2. The fourth-order valence-corrected chi connectivity index (χ4v) is 3.42. The maximum Gasteiger partial charge on any atom is 0.253 e. The van der Waals surface area contributed by atoms with Crippen molar-refractivity contribution in [2.45, 2.75) is 39.7 Å². The molecule has 1 aliphatic heterocycles. The van der Waals surface area contributed by atoms with Crippen molar-refractivity contribution in [3.63, 3.8) is 0 Å². The monoisotopic (exact) mass is 347 g/mol. The van der Waals surface area contributed by atoms with Crippen molar-refractivity contribution in [1.29, 1.82) is 0 Å². The van der Waals surface area contributed by atoms with Crippen LogP contribution >= 0.6 is 12.4 Å². The predicted octanol–water partition coefficient (Wildman–Crippen LogP) is 3.31. The molecular weight excluding hydrogens is 322 g/mol. The van der Waals surface area contributed by atoms with Gasteiger partial charge in [-0.1, -0.05) is 18.2 Å². The van der Waals surface area contributed by atoms with E-state index < -0.39 is 0 Å². The lowest BCUT2D eigenvalue weighted by atomic mass is 10.1. The van der Waals surface area contributed by atoms with Gasteiger partial charge in [-0.2, -0.15) is 0 Å². The van der Waals surface area contributed by atoms with E-state index in [1.54, 1.807) is 0 Å². The molecule has 1 fully saturated rings. The van der Waals surface area contributed by atoms with Crippen molar-refractivity contribution in [3.8, 4) is 5.69 Å². The number of hydrogen-bond acceptors (Lipinski definition) is 2. The number of nitrogens with one attached hydrogen (secondary N) is 2. The number of nitrogens with zero attached hydrogens (tertiary/aromatic N) is 1. The summed E-state index contributed by atoms with van der Waals surface area (Å²) >= 11 is 0. The molecule has 5 heteroatoms. The number of aromatic nitrogens is 1. The lowest BCUT2D eigenvalue weighted by Crippen LogP contribution is -2.45. The van der Waals surface area contributed by atoms with Crippen LogP contribution in [0.4, 0.5) is 0 Å². The second-order valence-electron chi connectivity index (χ2n) is 6.42. The van der Waals surface area contributed by atoms with Crippen LogP contribution in [-0.2, 0) is 0 Å². The Kier molecular flexibility index (Phi) is 6.08. The Morgan fingerprint density at radius 2 is 2.00 bits per heavy atom. The van der Waals surface area contributed by atoms with Gasteiger partial charge in [0.25, 0.3) is 5.91 Å². The minimum absolute atomic E-state index is 0. The summed E-state index contributed by atoms with van der Waals surface area (Å²) in [6.45, 7) is 8.09. The number of benzene rings is 1. The van der Waals surface area contributed by atoms with E-state index in [0.717, 1.165) is 48.6 Å². The molecule has 0 bridgehead atoms. The first-order chi connectivity index (χ1) is 11.1. The fraction of sp³-hybridized carbons (Fsp3) is 0.421. The van der Waals surface area contributed by atoms with Gasteiger partial charge in [0, 0.05) is 29.7 Å². The summed E-state index contributed by atoms with van der Waals surface area (Å²) in [6, 6.07) is 10.5. The molecule has 1 aromatic heterocycles. The van der Waals surface area contributed by atoms with Crippen LogP contribution < -0.4 is 10.6 Å². The van der Waals surface area contributed by atoms with Gasteiger partial charge in [-0.15, -0.1) is 12.4 Å². The maximum absolute atomic E-state index is 12.7. The molecule has 1 saturated heterocycles. The lowest BCUT2D eigenvalue weighted by molar-refractivity contribution is 0.0930. The Hall–Kier alpha value is -1.78. The van der Waals surface area contributed by atoms with Crippen LogP contribution in [-0.4, -0.2) is 29.6 Å². The van der Waals surface area contributed by atoms with E-state index in [1.165, 1.54) is 5.56 Å². The van der Waals surface area contributed by atoms with Gasteiger partial charge in [0.1, 0.15) is 0 Å². The van der Waals surface area contributed by atoms with Gasteiger partial charge in [0.05, 0.1) is 5.56 Å². The van der Waals surface area contributed by atoms with Crippen LogP contribution in [0.15, 0.2) is 30.3 Å². The second kappa shape index (κ2) is 7.86. The molecule has 2 aromatic rings. The summed E-state index contributed by atoms with van der Waals surface area (Å²) < 4.78 is 2.17. The third kappa shape index (κ3) is 3.65. The van der Waals surface area contributed by atoms with Crippen LogP contribution in [0, 0.1) is 20.8 Å². The molecule has 24 heavy (non-hydrogen) atoms. The highest BCUT2D eigenvalue weighted by Crippen LogP contribution is 2.23. The summed E-state index contributed by atoms with van der Waals surface area (Å²) in [4.78, 5) is 12.7. The number of halogens is 1. The molecule has 1 atom stereocenters. The molecular formula is C19H26ClN3O. The minimum atomic E-state index is 0. The largest absolute Gasteiger partial charge is 0.348 e. The lowest BCUT2D eigenvalue weighted by Gasteiger charge is -2.23. The Morgan fingerprint density at radius 3 is 2.67 bits per heavy atom. The number of carbonyl (C=O) groups excluding carboxylic acids is 1. The summed E-state index contributed by atoms with van der Waals surface area (Å²) in [5.74, 6) is 0.0339. The molecule has 0 aliphatic carbocycles. The maximum atomic E-state index is 12.7. The van der Waals surface area contributed by atoms with Crippen molar-refractivity contribution < 1.29 is 4.79 Å². The van der Waals surface area contributed by atoms with E-state index in [9.17, 15) is 4.79 Å². The summed E-state index contributed by atoms with van der Waals surface area (Å²) in [5, 5.41) is 6.50. The first kappa shape index (κ1) is 18.6. The van der Waals surface area contributed by atoms with E-state index in [1.807, 2.05) is 25.1 Å². The van der Waals surface area contributed by atoms with E-state index >= 15 is 0 Å². The number of carbonyl (C=O) groups is 1. The molecule has 1 amide bonds. The third-order valence-corrected chi connectivity index (χ3v) is 4.66. The van der Waals surface area contributed by atoms with Crippen LogP contribution in [0.5, 0.6) is 0 Å². The average Bonchev–Trinajstić information content (AvgIpc) is 2.84. The van der Waals surface area contributed by atoms with Crippen molar-refractivity contribution in [3.05, 3.63) is 52.8 Å². The smallest absolute Gasteiger partial charge is 0.253 e. The van der Waals surface area contributed by atoms with Crippen molar-refractivity contribution in [2.24, 2.45) is 0 Å². The Balaban J connectivity index is 0.00000208. The van der Waals surface area contributed by atoms with Gasteiger partial charge in [-0.05, 0) is 57.9 Å². The Bertz CT molecular complexity index is 717. The highest BCUT2D eigenvalue weighted by atomic mass is 35.5. The molecule has 2 N–H and O–H groups in total. The van der Waals surface area contributed by atoms with Gasteiger partial charge < -0.3 is 15.2 Å². The molecule has 0 radical (unpaired) electrons. The van der Waals surface area contributed by atoms with E-state index in [-0.39, 0.29) is 24.4 Å².